The van der Waals surface area contributed by atoms with Crippen LogP contribution in [0.15, 0.2) is 30.7 Å². The van der Waals surface area contributed by atoms with E-state index in [1.54, 1.807) is 15.0 Å². The van der Waals surface area contributed by atoms with E-state index >= 15 is 0 Å². The SMILES string of the molecule is Cc1cn2nc(-c3cn4cc(C5CCNCC5)cc(F)c4n3)cc(C)c2n1. The summed E-state index contributed by atoms with van der Waals surface area (Å²) in [6, 6.07) is 3.60. The van der Waals surface area contributed by atoms with Crippen molar-refractivity contribution in [2.75, 3.05) is 13.1 Å². The monoisotopic (exact) mass is 364 g/mol. The molecule has 0 amide bonds. The second kappa shape index (κ2) is 6.13. The maximum atomic E-state index is 14.7. The molecular formula is C20H21FN6. The average molecular weight is 364 g/mol. The van der Waals surface area contributed by atoms with Crippen molar-refractivity contribution < 1.29 is 4.39 Å². The Morgan fingerprint density at radius 3 is 2.63 bits per heavy atom. The molecule has 4 aromatic rings. The first-order valence-electron chi connectivity index (χ1n) is 9.31. The third kappa shape index (κ3) is 2.78. The fourth-order valence-electron chi connectivity index (χ4n) is 3.95. The van der Waals surface area contributed by atoms with Crippen molar-refractivity contribution in [1.82, 2.24) is 29.3 Å². The standard InChI is InChI=1S/C20H21FN6/c1-12-7-17(25-27-9-13(2)23-19(12)27)18-11-26-10-15(8-16(21)20(26)24-18)14-3-5-22-6-4-14/h7-11,14,22H,3-6H2,1-2H3. The number of nitrogens with one attached hydrogen (secondary N) is 1. The molecule has 6 nitrogen and oxygen atoms in total. The van der Waals surface area contributed by atoms with Crippen LogP contribution in [-0.2, 0) is 0 Å². The van der Waals surface area contributed by atoms with Crippen LogP contribution in [0, 0.1) is 19.7 Å². The number of aryl methyl sites for hydroxylation is 2. The Kier molecular flexibility index (Phi) is 3.72. The number of aromatic nitrogens is 5. The van der Waals surface area contributed by atoms with E-state index in [2.05, 4.69) is 20.4 Å². The molecule has 0 spiro atoms. The molecule has 1 saturated heterocycles. The summed E-state index contributed by atoms with van der Waals surface area (Å²) < 4.78 is 18.3. The number of fused-ring (bicyclic) bond motifs is 2. The first-order chi connectivity index (χ1) is 13.1. The average Bonchev–Trinajstić information content (AvgIpc) is 3.26. The lowest BCUT2D eigenvalue weighted by molar-refractivity contribution is 0.457. The van der Waals surface area contributed by atoms with Gasteiger partial charge < -0.3 is 9.72 Å². The van der Waals surface area contributed by atoms with Gasteiger partial charge in [0.15, 0.2) is 17.1 Å². The van der Waals surface area contributed by atoms with Gasteiger partial charge in [-0.05, 0) is 69.0 Å². The van der Waals surface area contributed by atoms with Gasteiger partial charge in [-0.1, -0.05) is 0 Å². The van der Waals surface area contributed by atoms with E-state index in [1.807, 2.05) is 38.5 Å². The predicted octanol–water partition coefficient (Wildman–Crippen LogP) is 3.27. The fourth-order valence-corrected chi connectivity index (χ4v) is 3.95. The lowest BCUT2D eigenvalue weighted by Gasteiger charge is -2.23. The van der Waals surface area contributed by atoms with Crippen molar-refractivity contribution in [1.29, 1.82) is 0 Å². The Morgan fingerprint density at radius 2 is 1.81 bits per heavy atom. The second-order valence-corrected chi connectivity index (χ2v) is 7.37. The summed E-state index contributed by atoms with van der Waals surface area (Å²) in [6.07, 6.45) is 7.82. The van der Waals surface area contributed by atoms with Crippen LogP contribution in [0.4, 0.5) is 4.39 Å². The van der Waals surface area contributed by atoms with Crippen molar-refractivity contribution >= 4 is 11.3 Å². The molecule has 1 aliphatic rings. The van der Waals surface area contributed by atoms with Gasteiger partial charge in [0.2, 0.25) is 0 Å². The van der Waals surface area contributed by atoms with Crippen molar-refractivity contribution in [2.24, 2.45) is 0 Å². The molecule has 0 aromatic carbocycles. The smallest absolute Gasteiger partial charge is 0.173 e. The van der Waals surface area contributed by atoms with Gasteiger partial charge in [-0.3, -0.25) is 0 Å². The van der Waals surface area contributed by atoms with Crippen LogP contribution in [0.5, 0.6) is 0 Å². The van der Waals surface area contributed by atoms with E-state index in [-0.39, 0.29) is 5.82 Å². The zero-order valence-electron chi connectivity index (χ0n) is 15.4. The fraction of sp³-hybridized carbons (Fsp3) is 0.350. The molecule has 1 N–H and O–H groups in total. The highest BCUT2D eigenvalue weighted by Crippen LogP contribution is 2.28. The number of rotatable bonds is 2. The van der Waals surface area contributed by atoms with Gasteiger partial charge >= 0.3 is 0 Å². The number of imidazole rings is 2. The lowest BCUT2D eigenvalue weighted by Crippen LogP contribution is -2.26. The largest absolute Gasteiger partial charge is 0.317 e. The molecule has 0 unspecified atom stereocenters. The van der Waals surface area contributed by atoms with Gasteiger partial charge in [0, 0.05) is 12.4 Å². The van der Waals surface area contributed by atoms with Crippen LogP contribution >= 0.6 is 0 Å². The third-order valence-electron chi connectivity index (χ3n) is 5.33. The number of nitrogens with zero attached hydrogens (tertiary/aromatic N) is 5. The number of halogens is 1. The zero-order chi connectivity index (χ0) is 18.5. The molecule has 0 atom stereocenters. The Hall–Kier alpha value is -2.80. The van der Waals surface area contributed by atoms with E-state index in [9.17, 15) is 4.39 Å². The van der Waals surface area contributed by atoms with Crippen LogP contribution in [0.2, 0.25) is 0 Å². The summed E-state index contributed by atoms with van der Waals surface area (Å²) in [5.74, 6) is 0.107. The molecule has 1 aliphatic heterocycles. The molecule has 7 heteroatoms. The molecule has 0 bridgehead atoms. The summed E-state index contributed by atoms with van der Waals surface area (Å²) in [5.41, 5.74) is 5.51. The first-order valence-corrected chi connectivity index (χ1v) is 9.31. The normalized spacial score (nSPS) is 15.8. The molecule has 0 radical (unpaired) electrons. The number of hydrogen-bond donors (Lipinski definition) is 1. The van der Waals surface area contributed by atoms with Crippen LogP contribution in [0.1, 0.15) is 35.6 Å². The van der Waals surface area contributed by atoms with E-state index in [4.69, 9.17) is 0 Å². The van der Waals surface area contributed by atoms with Crippen LogP contribution in [-0.4, -0.2) is 37.1 Å². The van der Waals surface area contributed by atoms with Gasteiger partial charge in [0.05, 0.1) is 11.9 Å². The summed E-state index contributed by atoms with van der Waals surface area (Å²) in [4.78, 5) is 8.98. The first kappa shape index (κ1) is 16.4. The van der Waals surface area contributed by atoms with Crippen molar-refractivity contribution in [3.63, 3.8) is 0 Å². The summed E-state index contributed by atoms with van der Waals surface area (Å²) in [5, 5.41) is 7.97. The number of pyridine rings is 1. The molecular weight excluding hydrogens is 343 g/mol. The summed E-state index contributed by atoms with van der Waals surface area (Å²) >= 11 is 0. The Balaban J connectivity index is 1.61. The van der Waals surface area contributed by atoms with Crippen molar-refractivity contribution in [3.8, 4) is 11.4 Å². The van der Waals surface area contributed by atoms with E-state index in [1.165, 1.54) is 0 Å². The van der Waals surface area contributed by atoms with Crippen LogP contribution < -0.4 is 5.32 Å². The van der Waals surface area contributed by atoms with Gasteiger partial charge in [0.25, 0.3) is 0 Å². The highest BCUT2D eigenvalue weighted by atomic mass is 19.1. The third-order valence-corrected chi connectivity index (χ3v) is 5.33. The highest BCUT2D eigenvalue weighted by molar-refractivity contribution is 5.63. The molecule has 0 aliphatic carbocycles. The Morgan fingerprint density at radius 1 is 1.00 bits per heavy atom. The van der Waals surface area contributed by atoms with Gasteiger partial charge in [-0.2, -0.15) is 5.10 Å². The molecule has 138 valence electrons. The second-order valence-electron chi connectivity index (χ2n) is 7.37. The van der Waals surface area contributed by atoms with Gasteiger partial charge in [0.1, 0.15) is 11.4 Å². The summed E-state index contributed by atoms with van der Waals surface area (Å²) in [6.45, 7) is 5.90. The van der Waals surface area contributed by atoms with Crippen molar-refractivity contribution in [2.45, 2.75) is 32.6 Å². The Labute approximate surface area is 156 Å². The molecule has 0 saturated carbocycles. The minimum atomic E-state index is -0.284. The number of hydrogen-bond acceptors (Lipinski definition) is 4. The topological polar surface area (TPSA) is 59.5 Å². The van der Waals surface area contributed by atoms with Crippen molar-refractivity contribution in [3.05, 3.63) is 53.4 Å². The quantitative estimate of drug-likeness (QED) is 0.593. The molecule has 5 rings (SSSR count). The highest BCUT2D eigenvalue weighted by Gasteiger charge is 2.19. The minimum absolute atomic E-state index is 0.284. The van der Waals surface area contributed by atoms with Crippen LogP contribution in [0.3, 0.4) is 0 Å². The van der Waals surface area contributed by atoms with Gasteiger partial charge in [-0.15, -0.1) is 0 Å². The molecule has 27 heavy (non-hydrogen) atoms. The lowest BCUT2D eigenvalue weighted by atomic mass is 9.91. The molecule has 5 heterocycles. The van der Waals surface area contributed by atoms with Crippen LogP contribution in [0.25, 0.3) is 22.7 Å². The maximum Gasteiger partial charge on any atom is 0.173 e. The Bertz CT molecular complexity index is 1150. The zero-order valence-corrected chi connectivity index (χ0v) is 15.4. The van der Waals surface area contributed by atoms with E-state index in [0.717, 1.165) is 48.4 Å². The molecule has 1 fully saturated rings. The van der Waals surface area contributed by atoms with E-state index < -0.39 is 0 Å². The predicted molar refractivity (Wildman–Crippen MR) is 101 cm³/mol. The van der Waals surface area contributed by atoms with Gasteiger partial charge in [-0.25, -0.2) is 18.9 Å². The van der Waals surface area contributed by atoms with E-state index in [0.29, 0.717) is 23.0 Å². The summed E-state index contributed by atoms with van der Waals surface area (Å²) in [7, 11) is 0. The number of piperidine rings is 1. The maximum absolute atomic E-state index is 14.7. The molecule has 4 aromatic heterocycles. The minimum Gasteiger partial charge on any atom is -0.317 e.